The smallest absolute Gasteiger partial charge is 0.227 e. The van der Waals surface area contributed by atoms with Gasteiger partial charge in [0.15, 0.2) is 5.58 Å². The van der Waals surface area contributed by atoms with E-state index in [0.29, 0.717) is 17.2 Å². The minimum atomic E-state index is -0.405. The summed E-state index contributed by atoms with van der Waals surface area (Å²) in [5.74, 6) is 0.620. The second-order valence-corrected chi connectivity index (χ2v) is 5.46. The molecule has 1 atom stereocenters. The minimum Gasteiger partial charge on any atom is -0.435 e. The summed E-state index contributed by atoms with van der Waals surface area (Å²) in [4.78, 5) is 4.49. The molecule has 1 aliphatic rings. The van der Waals surface area contributed by atoms with E-state index in [9.17, 15) is 0 Å². The Morgan fingerprint density at radius 1 is 1.47 bits per heavy atom. The molecule has 17 heavy (non-hydrogen) atoms. The fourth-order valence-electron chi connectivity index (χ4n) is 2.20. The highest BCUT2D eigenvalue weighted by Gasteiger charge is 2.37. The molecule has 2 N–H and O–H groups in total. The van der Waals surface area contributed by atoms with Gasteiger partial charge in [-0.2, -0.15) is 0 Å². The zero-order valence-electron chi connectivity index (χ0n) is 9.50. The number of nitrogens with two attached hydrogens (primary N) is 1. The number of ether oxygens (including phenoxy) is 1. The van der Waals surface area contributed by atoms with E-state index >= 15 is 0 Å². The van der Waals surface area contributed by atoms with Crippen molar-refractivity contribution < 1.29 is 9.15 Å². The Morgan fingerprint density at radius 3 is 3.00 bits per heavy atom. The van der Waals surface area contributed by atoms with Gasteiger partial charge in [0.25, 0.3) is 0 Å². The molecule has 2 aromatic rings. The average Bonchev–Trinajstić information content (AvgIpc) is 2.84. The third-order valence-corrected chi connectivity index (χ3v) is 3.61. The summed E-state index contributed by atoms with van der Waals surface area (Å²) in [6, 6.07) is 3.71. The third kappa shape index (κ3) is 1.73. The largest absolute Gasteiger partial charge is 0.435 e. The molecular formula is C12H13BrN2O2. The van der Waals surface area contributed by atoms with Gasteiger partial charge in [0.1, 0.15) is 11.1 Å². The molecule has 1 saturated heterocycles. The first-order chi connectivity index (χ1) is 8.08. The molecule has 1 aliphatic heterocycles. The van der Waals surface area contributed by atoms with E-state index in [1.807, 2.05) is 19.1 Å². The van der Waals surface area contributed by atoms with Crippen LogP contribution in [0.2, 0.25) is 0 Å². The predicted octanol–water partition coefficient (Wildman–Crippen LogP) is 3.20. The molecule has 1 aromatic heterocycles. The molecule has 1 aromatic carbocycles. The number of rotatable bonds is 1. The van der Waals surface area contributed by atoms with Crippen LogP contribution in [0.25, 0.3) is 11.1 Å². The third-order valence-electron chi connectivity index (χ3n) is 3.15. The number of halogens is 1. The molecule has 4 nitrogen and oxygen atoms in total. The highest BCUT2D eigenvalue weighted by atomic mass is 79.9. The van der Waals surface area contributed by atoms with E-state index in [-0.39, 0.29) is 0 Å². The second-order valence-electron chi connectivity index (χ2n) is 4.55. The summed E-state index contributed by atoms with van der Waals surface area (Å²) in [6.45, 7) is 2.77. The normalized spacial score (nSPS) is 24.6. The quantitative estimate of drug-likeness (QED) is 0.821. The van der Waals surface area contributed by atoms with E-state index in [4.69, 9.17) is 14.9 Å². The van der Waals surface area contributed by atoms with Crippen molar-refractivity contribution in [3.63, 3.8) is 0 Å². The molecule has 0 amide bonds. The fraction of sp³-hybridized carbons (Fsp3) is 0.417. The highest BCUT2D eigenvalue weighted by molar-refractivity contribution is 9.10. The van der Waals surface area contributed by atoms with Crippen LogP contribution in [0, 0.1) is 0 Å². The Kier molecular flexibility index (Phi) is 2.41. The summed E-state index contributed by atoms with van der Waals surface area (Å²) in [5.41, 5.74) is 7.50. The second kappa shape index (κ2) is 3.71. The Labute approximate surface area is 107 Å². The molecule has 0 spiro atoms. The van der Waals surface area contributed by atoms with Gasteiger partial charge in [0.2, 0.25) is 5.89 Å². The van der Waals surface area contributed by atoms with Gasteiger partial charge in [-0.25, -0.2) is 4.98 Å². The van der Waals surface area contributed by atoms with Gasteiger partial charge in [-0.1, -0.05) is 15.9 Å². The SMILES string of the molecule is CC1(c2nc3cc(Br)cc(N)c3o2)CCCO1. The molecular weight excluding hydrogens is 284 g/mol. The molecule has 0 aliphatic carbocycles. The van der Waals surface area contributed by atoms with E-state index in [2.05, 4.69) is 20.9 Å². The number of nitrogen functional groups attached to an aromatic ring is 1. The number of aromatic nitrogens is 1. The van der Waals surface area contributed by atoms with Crippen molar-refractivity contribution in [1.29, 1.82) is 0 Å². The summed E-state index contributed by atoms with van der Waals surface area (Å²) < 4.78 is 12.4. The molecule has 1 fully saturated rings. The maximum Gasteiger partial charge on any atom is 0.227 e. The van der Waals surface area contributed by atoms with Crippen LogP contribution in [0.5, 0.6) is 0 Å². The van der Waals surface area contributed by atoms with E-state index < -0.39 is 5.60 Å². The first-order valence-corrected chi connectivity index (χ1v) is 6.38. The molecule has 1 unspecified atom stereocenters. The topological polar surface area (TPSA) is 61.3 Å². The van der Waals surface area contributed by atoms with Crippen molar-refractivity contribution in [1.82, 2.24) is 4.98 Å². The van der Waals surface area contributed by atoms with Crippen molar-refractivity contribution >= 4 is 32.7 Å². The van der Waals surface area contributed by atoms with E-state index in [1.165, 1.54) is 0 Å². The lowest BCUT2D eigenvalue weighted by Crippen LogP contribution is -2.20. The number of nitrogens with zero attached hydrogens (tertiary/aromatic N) is 1. The van der Waals surface area contributed by atoms with Gasteiger partial charge in [-0.3, -0.25) is 0 Å². The lowest BCUT2D eigenvalue weighted by Gasteiger charge is -2.17. The summed E-state index contributed by atoms with van der Waals surface area (Å²) >= 11 is 3.40. The average molecular weight is 297 g/mol. The lowest BCUT2D eigenvalue weighted by atomic mass is 10.0. The molecule has 2 heterocycles. The van der Waals surface area contributed by atoms with Crippen LogP contribution in [-0.4, -0.2) is 11.6 Å². The minimum absolute atomic E-state index is 0.405. The van der Waals surface area contributed by atoms with Gasteiger partial charge in [0, 0.05) is 11.1 Å². The van der Waals surface area contributed by atoms with Crippen LogP contribution in [0.15, 0.2) is 21.0 Å². The Morgan fingerprint density at radius 2 is 2.29 bits per heavy atom. The molecule has 5 heteroatoms. The fourth-order valence-corrected chi connectivity index (χ4v) is 2.66. The number of hydrogen-bond donors (Lipinski definition) is 1. The van der Waals surface area contributed by atoms with Gasteiger partial charge in [-0.05, 0) is 31.9 Å². The Balaban J connectivity index is 2.16. The predicted molar refractivity (Wildman–Crippen MR) is 68.7 cm³/mol. The van der Waals surface area contributed by atoms with Crippen molar-refractivity contribution in [2.24, 2.45) is 0 Å². The zero-order valence-corrected chi connectivity index (χ0v) is 11.1. The van der Waals surface area contributed by atoms with Crippen molar-refractivity contribution in [3.05, 3.63) is 22.5 Å². The highest BCUT2D eigenvalue weighted by Crippen LogP contribution is 2.38. The molecule has 90 valence electrons. The molecule has 0 saturated carbocycles. The maximum absolute atomic E-state index is 5.91. The maximum atomic E-state index is 5.91. The van der Waals surface area contributed by atoms with Crippen LogP contribution in [0.1, 0.15) is 25.7 Å². The molecule has 3 rings (SSSR count). The number of fused-ring (bicyclic) bond motifs is 1. The number of benzene rings is 1. The van der Waals surface area contributed by atoms with Crippen LogP contribution in [0.3, 0.4) is 0 Å². The Hall–Kier alpha value is -1.07. The first kappa shape index (κ1) is 11.0. The zero-order chi connectivity index (χ0) is 12.0. The summed E-state index contributed by atoms with van der Waals surface area (Å²) in [5, 5.41) is 0. The van der Waals surface area contributed by atoms with Crippen LogP contribution < -0.4 is 5.73 Å². The monoisotopic (exact) mass is 296 g/mol. The van der Waals surface area contributed by atoms with Gasteiger partial charge < -0.3 is 14.9 Å². The number of anilines is 1. The number of hydrogen-bond acceptors (Lipinski definition) is 4. The Bertz CT molecular complexity index is 573. The van der Waals surface area contributed by atoms with Crippen LogP contribution >= 0.6 is 15.9 Å². The summed E-state index contributed by atoms with van der Waals surface area (Å²) in [7, 11) is 0. The summed E-state index contributed by atoms with van der Waals surface area (Å²) in [6.07, 6.45) is 1.97. The molecule has 0 bridgehead atoms. The van der Waals surface area contributed by atoms with Crippen LogP contribution in [0.4, 0.5) is 5.69 Å². The van der Waals surface area contributed by atoms with Gasteiger partial charge in [0.05, 0.1) is 5.69 Å². The standard InChI is InChI=1S/C12H13BrN2O2/c1-12(3-2-4-16-12)11-15-9-6-7(13)5-8(14)10(9)17-11/h5-6H,2-4,14H2,1H3. The van der Waals surface area contributed by atoms with Gasteiger partial charge >= 0.3 is 0 Å². The number of oxazole rings is 1. The van der Waals surface area contributed by atoms with Crippen LogP contribution in [-0.2, 0) is 10.3 Å². The van der Waals surface area contributed by atoms with Crippen molar-refractivity contribution in [2.75, 3.05) is 12.3 Å². The van der Waals surface area contributed by atoms with E-state index in [0.717, 1.165) is 29.4 Å². The van der Waals surface area contributed by atoms with Gasteiger partial charge in [-0.15, -0.1) is 0 Å². The van der Waals surface area contributed by atoms with Crippen molar-refractivity contribution in [3.8, 4) is 0 Å². The first-order valence-electron chi connectivity index (χ1n) is 5.58. The lowest BCUT2D eigenvalue weighted by molar-refractivity contribution is -0.00407. The molecule has 0 radical (unpaired) electrons. The van der Waals surface area contributed by atoms with E-state index in [1.54, 1.807) is 0 Å². The van der Waals surface area contributed by atoms with Crippen molar-refractivity contribution in [2.45, 2.75) is 25.4 Å².